The number of amides is 1. The maximum atomic E-state index is 12.8. The molecule has 0 spiro atoms. The van der Waals surface area contributed by atoms with Gasteiger partial charge in [-0.25, -0.2) is 0 Å². The van der Waals surface area contributed by atoms with Crippen molar-refractivity contribution >= 4 is 5.91 Å². The van der Waals surface area contributed by atoms with Crippen LogP contribution in [0.15, 0.2) is 18.2 Å². The minimum Gasteiger partial charge on any atom is -0.347 e. The van der Waals surface area contributed by atoms with Gasteiger partial charge in [-0.2, -0.15) is 0 Å². The molecule has 5 rings (SSSR count). The maximum Gasteiger partial charge on any atom is 0.251 e. The lowest BCUT2D eigenvalue weighted by Gasteiger charge is -2.56. The average Bonchev–Trinajstić information content (AvgIpc) is 2.35. The van der Waals surface area contributed by atoms with Gasteiger partial charge >= 0.3 is 0 Å². The van der Waals surface area contributed by atoms with Crippen LogP contribution in [0.3, 0.4) is 0 Å². The van der Waals surface area contributed by atoms with Crippen LogP contribution in [0, 0.1) is 31.6 Å². The number of carbonyl (C=O) groups excluding carboxylic acids is 1. The van der Waals surface area contributed by atoms with Crippen LogP contribution in [0.2, 0.25) is 0 Å². The molecule has 4 bridgehead atoms. The lowest BCUT2D eigenvalue weighted by atomic mass is 9.53. The molecule has 2 heteroatoms. The van der Waals surface area contributed by atoms with Crippen LogP contribution in [0.25, 0.3) is 0 Å². The lowest BCUT2D eigenvalue weighted by Crippen LogP contribution is -2.59. The van der Waals surface area contributed by atoms with E-state index in [0.717, 1.165) is 28.9 Å². The second kappa shape index (κ2) is 4.59. The molecule has 2 nitrogen and oxygen atoms in total. The van der Waals surface area contributed by atoms with E-state index in [-0.39, 0.29) is 11.4 Å². The Morgan fingerprint density at radius 1 is 1.05 bits per heavy atom. The molecule has 0 aromatic heterocycles. The molecule has 0 atom stereocenters. The fraction of sp³-hybridized carbons (Fsp3) is 0.632. The van der Waals surface area contributed by atoms with Gasteiger partial charge in [0.2, 0.25) is 0 Å². The highest BCUT2D eigenvalue weighted by atomic mass is 16.1. The topological polar surface area (TPSA) is 29.1 Å². The Labute approximate surface area is 127 Å². The van der Waals surface area contributed by atoms with Crippen LogP contribution in [0.1, 0.15) is 60.0 Å². The highest BCUT2D eigenvalue weighted by molar-refractivity contribution is 5.96. The number of aryl methyl sites for hydroxylation is 2. The quantitative estimate of drug-likeness (QED) is 0.873. The van der Waals surface area contributed by atoms with Crippen molar-refractivity contribution in [3.63, 3.8) is 0 Å². The van der Waals surface area contributed by atoms with E-state index in [4.69, 9.17) is 0 Å². The molecule has 1 amide bonds. The van der Waals surface area contributed by atoms with Gasteiger partial charge in [0.1, 0.15) is 0 Å². The summed E-state index contributed by atoms with van der Waals surface area (Å²) >= 11 is 0. The van der Waals surface area contributed by atoms with Gasteiger partial charge in [-0.3, -0.25) is 4.79 Å². The van der Waals surface area contributed by atoms with Gasteiger partial charge < -0.3 is 5.32 Å². The van der Waals surface area contributed by atoms with E-state index in [1.165, 1.54) is 44.1 Å². The van der Waals surface area contributed by atoms with Crippen LogP contribution >= 0.6 is 0 Å². The Hall–Kier alpha value is -1.31. The summed E-state index contributed by atoms with van der Waals surface area (Å²) in [7, 11) is 0. The second-order valence-corrected chi connectivity index (χ2v) is 7.97. The molecule has 21 heavy (non-hydrogen) atoms. The maximum absolute atomic E-state index is 12.8. The fourth-order valence-electron chi connectivity index (χ4n) is 5.64. The number of hydrogen-bond acceptors (Lipinski definition) is 1. The molecule has 1 aromatic carbocycles. The molecule has 4 aliphatic carbocycles. The molecule has 4 saturated carbocycles. The summed E-state index contributed by atoms with van der Waals surface area (Å²) in [5, 5.41) is 3.46. The van der Waals surface area contributed by atoms with Crippen molar-refractivity contribution in [1.82, 2.24) is 5.32 Å². The zero-order chi connectivity index (χ0) is 14.6. The summed E-state index contributed by atoms with van der Waals surface area (Å²) in [6, 6.07) is 6.14. The third-order valence-electron chi connectivity index (χ3n) is 6.04. The van der Waals surface area contributed by atoms with Gasteiger partial charge in [0, 0.05) is 11.1 Å². The van der Waals surface area contributed by atoms with Gasteiger partial charge in [-0.1, -0.05) is 17.7 Å². The highest BCUT2D eigenvalue weighted by Crippen LogP contribution is 2.55. The highest BCUT2D eigenvalue weighted by Gasteiger charge is 2.51. The van der Waals surface area contributed by atoms with E-state index >= 15 is 0 Å². The summed E-state index contributed by atoms with van der Waals surface area (Å²) in [6.07, 6.45) is 7.90. The van der Waals surface area contributed by atoms with E-state index in [1.54, 1.807) is 0 Å². The Kier molecular flexibility index (Phi) is 2.92. The van der Waals surface area contributed by atoms with Crippen LogP contribution in [-0.4, -0.2) is 11.4 Å². The summed E-state index contributed by atoms with van der Waals surface area (Å²) in [6.45, 7) is 4.12. The smallest absolute Gasteiger partial charge is 0.251 e. The molecule has 4 aliphatic rings. The molecule has 0 unspecified atom stereocenters. The van der Waals surface area contributed by atoms with Gasteiger partial charge in [-0.15, -0.1) is 0 Å². The SMILES string of the molecule is Cc1ccc(C(=O)NC23CC4CC(CC(C4)C2)C3)c(C)c1. The van der Waals surface area contributed by atoms with Crippen molar-refractivity contribution in [2.45, 2.75) is 57.9 Å². The molecule has 112 valence electrons. The normalized spacial score (nSPS) is 36.8. The summed E-state index contributed by atoms with van der Waals surface area (Å²) < 4.78 is 0. The first kappa shape index (κ1) is 13.4. The summed E-state index contributed by atoms with van der Waals surface area (Å²) in [4.78, 5) is 12.8. The predicted octanol–water partition coefficient (Wildman–Crippen LogP) is 4.00. The minimum absolute atomic E-state index is 0.114. The standard InChI is InChI=1S/C19H25NO/c1-12-3-4-17(13(2)5-12)18(21)20-19-9-14-6-15(10-19)8-16(7-14)11-19/h3-5,14-16H,6-11H2,1-2H3,(H,20,21). The van der Waals surface area contributed by atoms with E-state index in [1.807, 2.05) is 19.1 Å². The second-order valence-electron chi connectivity index (χ2n) is 7.97. The monoisotopic (exact) mass is 283 g/mol. The fourth-order valence-corrected chi connectivity index (χ4v) is 5.64. The van der Waals surface area contributed by atoms with Crippen molar-refractivity contribution in [2.24, 2.45) is 17.8 Å². The third-order valence-corrected chi connectivity index (χ3v) is 6.04. The molecule has 4 fully saturated rings. The summed E-state index contributed by atoms with van der Waals surface area (Å²) in [5.41, 5.74) is 3.29. The van der Waals surface area contributed by atoms with Crippen molar-refractivity contribution in [3.8, 4) is 0 Å². The van der Waals surface area contributed by atoms with Gasteiger partial charge in [0.25, 0.3) is 5.91 Å². The predicted molar refractivity (Wildman–Crippen MR) is 84.3 cm³/mol. The molecular formula is C19H25NO. The van der Waals surface area contributed by atoms with E-state index in [2.05, 4.69) is 18.3 Å². The van der Waals surface area contributed by atoms with E-state index in [9.17, 15) is 4.79 Å². The van der Waals surface area contributed by atoms with Crippen LogP contribution in [-0.2, 0) is 0 Å². The Balaban J connectivity index is 1.57. The van der Waals surface area contributed by atoms with Crippen LogP contribution in [0.5, 0.6) is 0 Å². The van der Waals surface area contributed by atoms with Crippen molar-refractivity contribution in [3.05, 3.63) is 34.9 Å². The molecule has 0 heterocycles. The third kappa shape index (κ3) is 2.29. The largest absolute Gasteiger partial charge is 0.347 e. The number of rotatable bonds is 2. The minimum atomic E-state index is 0.114. The van der Waals surface area contributed by atoms with Crippen molar-refractivity contribution < 1.29 is 4.79 Å². The Morgan fingerprint density at radius 3 is 2.14 bits per heavy atom. The first-order valence-electron chi connectivity index (χ1n) is 8.43. The Morgan fingerprint density at radius 2 is 1.62 bits per heavy atom. The average molecular weight is 283 g/mol. The molecular weight excluding hydrogens is 258 g/mol. The first-order chi connectivity index (χ1) is 10.0. The van der Waals surface area contributed by atoms with Crippen molar-refractivity contribution in [2.75, 3.05) is 0 Å². The van der Waals surface area contributed by atoms with E-state index < -0.39 is 0 Å². The number of benzene rings is 1. The molecule has 1 N–H and O–H groups in total. The summed E-state index contributed by atoms with van der Waals surface area (Å²) in [5.74, 6) is 2.76. The first-order valence-corrected chi connectivity index (χ1v) is 8.43. The number of hydrogen-bond donors (Lipinski definition) is 1. The van der Waals surface area contributed by atoms with Crippen LogP contribution in [0.4, 0.5) is 0 Å². The van der Waals surface area contributed by atoms with Gasteiger partial charge in [0.05, 0.1) is 0 Å². The van der Waals surface area contributed by atoms with Gasteiger partial charge in [-0.05, 0) is 81.8 Å². The Bertz CT molecular complexity index is 554. The van der Waals surface area contributed by atoms with Gasteiger partial charge in [0.15, 0.2) is 0 Å². The number of nitrogens with one attached hydrogen (secondary N) is 1. The van der Waals surface area contributed by atoms with Crippen molar-refractivity contribution in [1.29, 1.82) is 0 Å². The molecule has 0 radical (unpaired) electrons. The molecule has 0 saturated heterocycles. The van der Waals surface area contributed by atoms with Crippen LogP contribution < -0.4 is 5.32 Å². The zero-order valence-corrected chi connectivity index (χ0v) is 13.1. The lowest BCUT2D eigenvalue weighted by molar-refractivity contribution is -0.0167. The molecule has 0 aliphatic heterocycles. The zero-order valence-electron chi connectivity index (χ0n) is 13.1. The molecule has 1 aromatic rings. The van der Waals surface area contributed by atoms with E-state index in [0.29, 0.717) is 0 Å². The number of carbonyl (C=O) groups is 1.